The molecule has 2 aromatic rings. The van der Waals surface area contributed by atoms with Crippen molar-refractivity contribution in [3.8, 4) is 0 Å². The smallest absolute Gasteiger partial charge is 0.381 e. The van der Waals surface area contributed by atoms with Crippen molar-refractivity contribution in [1.82, 2.24) is 10.2 Å². The van der Waals surface area contributed by atoms with Crippen LogP contribution in [0.15, 0.2) is 60.7 Å². The molecule has 2 heterocycles. The fraction of sp³-hybridized carbons (Fsp3) is 0.360. The summed E-state index contributed by atoms with van der Waals surface area (Å²) >= 11 is 0. The van der Waals surface area contributed by atoms with Crippen LogP contribution in [-0.2, 0) is 15.8 Å². The number of amides is 1. The van der Waals surface area contributed by atoms with Crippen LogP contribution in [-0.4, -0.2) is 35.7 Å². The molecule has 0 aromatic heterocycles. The molecule has 2 atom stereocenters. The third-order valence-corrected chi connectivity index (χ3v) is 6.33. The molecule has 0 bridgehead atoms. The Balaban J connectivity index is 1.39. The Morgan fingerprint density at radius 3 is 2.34 bits per heavy atom. The number of alkyl halides is 3. The highest BCUT2D eigenvalue weighted by atomic mass is 19.4. The number of ketones is 1. The summed E-state index contributed by atoms with van der Waals surface area (Å²) in [7, 11) is 0. The summed E-state index contributed by atoms with van der Waals surface area (Å²) in [6.45, 7) is 2.59. The van der Waals surface area contributed by atoms with Crippen LogP contribution in [0.25, 0.3) is 5.70 Å². The molecule has 1 amide bonds. The molecule has 1 saturated heterocycles. The van der Waals surface area contributed by atoms with E-state index in [4.69, 9.17) is 0 Å². The van der Waals surface area contributed by atoms with Crippen molar-refractivity contribution in [2.45, 2.75) is 37.9 Å². The molecule has 4 rings (SSSR count). The van der Waals surface area contributed by atoms with E-state index in [1.165, 1.54) is 17.0 Å². The monoisotopic (exact) mass is 442 g/mol. The van der Waals surface area contributed by atoms with Gasteiger partial charge in [-0.15, -0.1) is 0 Å². The number of nitrogens with one attached hydrogen (secondary N) is 1. The number of nitrogens with zero attached hydrogens (tertiary/aromatic N) is 1. The number of hydrogen-bond donors (Lipinski definition) is 1. The van der Waals surface area contributed by atoms with E-state index in [0.717, 1.165) is 17.3 Å². The average molecular weight is 442 g/mol. The predicted molar refractivity (Wildman–Crippen MR) is 116 cm³/mol. The van der Waals surface area contributed by atoms with Crippen molar-refractivity contribution < 1.29 is 22.8 Å². The van der Waals surface area contributed by atoms with Crippen LogP contribution in [0.5, 0.6) is 0 Å². The van der Waals surface area contributed by atoms with Gasteiger partial charge in [0.2, 0.25) is 5.78 Å². The van der Waals surface area contributed by atoms with Crippen LogP contribution < -0.4 is 5.32 Å². The van der Waals surface area contributed by atoms with E-state index in [2.05, 4.69) is 5.32 Å². The second kappa shape index (κ2) is 8.81. The van der Waals surface area contributed by atoms with Gasteiger partial charge in [0.15, 0.2) is 0 Å². The van der Waals surface area contributed by atoms with Crippen LogP contribution in [0.1, 0.15) is 42.4 Å². The van der Waals surface area contributed by atoms with Gasteiger partial charge in [-0.25, -0.2) is 0 Å². The Labute approximate surface area is 185 Å². The van der Waals surface area contributed by atoms with E-state index in [1.54, 1.807) is 6.07 Å². The number of hydrogen-bond acceptors (Lipinski definition) is 3. The van der Waals surface area contributed by atoms with Gasteiger partial charge >= 0.3 is 6.18 Å². The Kier molecular flexibility index (Phi) is 6.09. The first-order valence-electron chi connectivity index (χ1n) is 10.8. The number of carbonyl (C=O) groups excluding carboxylic acids is 2. The van der Waals surface area contributed by atoms with Gasteiger partial charge in [0.25, 0.3) is 5.91 Å². The first kappa shape index (κ1) is 22.1. The van der Waals surface area contributed by atoms with Gasteiger partial charge in [-0.05, 0) is 49.0 Å². The molecule has 0 aliphatic carbocycles. The van der Waals surface area contributed by atoms with Crippen molar-refractivity contribution in [2.75, 3.05) is 13.1 Å². The van der Waals surface area contributed by atoms with Crippen molar-refractivity contribution >= 4 is 17.4 Å². The van der Waals surface area contributed by atoms with E-state index in [1.807, 2.05) is 43.3 Å². The highest BCUT2D eigenvalue weighted by Crippen LogP contribution is 2.34. The molecule has 2 aliphatic rings. The molecular weight excluding hydrogens is 417 g/mol. The molecule has 0 radical (unpaired) electrons. The number of piperidine rings is 1. The highest BCUT2D eigenvalue weighted by molar-refractivity contribution is 6.37. The van der Waals surface area contributed by atoms with Crippen LogP contribution in [0, 0.1) is 5.92 Å². The van der Waals surface area contributed by atoms with Gasteiger partial charge in [0.05, 0.1) is 11.5 Å². The lowest BCUT2D eigenvalue weighted by atomic mass is 9.88. The second-order valence-electron chi connectivity index (χ2n) is 8.46. The number of likely N-dealkylation sites (tertiary alicyclic amines) is 1. The number of halogens is 3. The number of carbonyl (C=O) groups is 2. The largest absolute Gasteiger partial charge is 0.416 e. The summed E-state index contributed by atoms with van der Waals surface area (Å²) in [5, 5.41) is 3.28. The van der Waals surface area contributed by atoms with Gasteiger partial charge < -0.3 is 10.2 Å². The summed E-state index contributed by atoms with van der Waals surface area (Å²) in [6, 6.07) is 14.8. The van der Waals surface area contributed by atoms with Crippen molar-refractivity contribution in [3.63, 3.8) is 0 Å². The maximum atomic E-state index is 13.0. The lowest BCUT2D eigenvalue weighted by Gasteiger charge is -2.32. The molecule has 1 N–H and O–H groups in total. The first-order valence-corrected chi connectivity index (χ1v) is 10.8. The fourth-order valence-electron chi connectivity index (χ4n) is 4.49. The fourth-order valence-corrected chi connectivity index (χ4v) is 4.49. The van der Waals surface area contributed by atoms with E-state index in [0.29, 0.717) is 31.5 Å². The Morgan fingerprint density at radius 2 is 1.69 bits per heavy atom. The molecule has 2 aliphatic heterocycles. The minimum absolute atomic E-state index is 0.0619. The van der Waals surface area contributed by atoms with Gasteiger partial charge in [0.1, 0.15) is 0 Å². The van der Waals surface area contributed by atoms with Crippen LogP contribution in [0.4, 0.5) is 13.2 Å². The third-order valence-electron chi connectivity index (χ3n) is 6.33. The zero-order valence-corrected chi connectivity index (χ0v) is 17.7. The molecule has 168 valence electrons. The van der Waals surface area contributed by atoms with Gasteiger partial charge in [-0.1, -0.05) is 48.5 Å². The normalized spacial score (nSPS) is 21.8. The zero-order chi connectivity index (χ0) is 22.9. The minimum Gasteiger partial charge on any atom is -0.381 e. The average Bonchev–Trinajstić information content (AvgIpc) is 3.20. The number of Topliss-reactive ketones (excluding diaryl/α,β-unsaturated/α-hetero) is 1. The summed E-state index contributed by atoms with van der Waals surface area (Å²) in [6.07, 6.45) is -1.50. The Bertz CT molecular complexity index is 1020. The lowest BCUT2D eigenvalue weighted by Crippen LogP contribution is -2.45. The number of rotatable bonds is 4. The summed E-state index contributed by atoms with van der Waals surface area (Å²) in [5.41, 5.74) is 1.77. The third kappa shape index (κ3) is 4.56. The minimum atomic E-state index is -4.38. The van der Waals surface area contributed by atoms with E-state index < -0.39 is 29.3 Å². The van der Waals surface area contributed by atoms with Gasteiger partial charge in [-0.3, -0.25) is 9.59 Å². The van der Waals surface area contributed by atoms with Crippen molar-refractivity contribution in [2.24, 2.45) is 5.92 Å². The van der Waals surface area contributed by atoms with Crippen LogP contribution in [0.3, 0.4) is 0 Å². The molecule has 2 aromatic carbocycles. The standard InChI is InChI=1S/C25H25F3N2O2/c1-16-21(15-22(29-16)18-6-3-2-4-7-18)23(31)24(32)30-12-10-17(11-13-30)19-8-5-9-20(14-19)25(26,27)28/h2-9,14-17,21,29H,10-13H2,1H3. The van der Waals surface area contributed by atoms with E-state index in [-0.39, 0.29) is 12.0 Å². The maximum Gasteiger partial charge on any atom is 0.416 e. The summed E-state index contributed by atoms with van der Waals surface area (Å²) in [4.78, 5) is 27.3. The summed E-state index contributed by atoms with van der Waals surface area (Å²) in [5.74, 6) is -1.57. The molecule has 32 heavy (non-hydrogen) atoms. The predicted octanol–water partition coefficient (Wildman–Crippen LogP) is 4.63. The van der Waals surface area contributed by atoms with Gasteiger partial charge in [-0.2, -0.15) is 13.2 Å². The number of benzene rings is 2. The molecule has 2 unspecified atom stereocenters. The van der Waals surface area contributed by atoms with E-state index in [9.17, 15) is 22.8 Å². The Morgan fingerprint density at radius 1 is 1.00 bits per heavy atom. The first-order chi connectivity index (χ1) is 15.2. The van der Waals surface area contributed by atoms with Crippen molar-refractivity contribution in [1.29, 1.82) is 0 Å². The summed E-state index contributed by atoms with van der Waals surface area (Å²) < 4.78 is 39.0. The maximum absolute atomic E-state index is 13.0. The molecule has 0 spiro atoms. The molecule has 0 saturated carbocycles. The van der Waals surface area contributed by atoms with Gasteiger partial charge in [0, 0.05) is 24.8 Å². The zero-order valence-electron chi connectivity index (χ0n) is 17.7. The highest BCUT2D eigenvalue weighted by Gasteiger charge is 2.37. The molecule has 4 nitrogen and oxygen atoms in total. The lowest BCUT2D eigenvalue weighted by molar-refractivity contribution is -0.146. The SMILES string of the molecule is CC1NC(c2ccccc2)=CC1C(=O)C(=O)N1CCC(c2cccc(C(F)(F)F)c2)CC1. The quantitative estimate of drug-likeness (QED) is 0.703. The molecule has 7 heteroatoms. The van der Waals surface area contributed by atoms with Crippen molar-refractivity contribution in [3.05, 3.63) is 77.4 Å². The molecule has 1 fully saturated rings. The Hall–Kier alpha value is -3.09. The van der Waals surface area contributed by atoms with E-state index >= 15 is 0 Å². The second-order valence-corrected chi connectivity index (χ2v) is 8.46. The topological polar surface area (TPSA) is 49.4 Å². The van der Waals surface area contributed by atoms with Crippen LogP contribution in [0.2, 0.25) is 0 Å². The van der Waals surface area contributed by atoms with Crippen LogP contribution >= 0.6 is 0 Å². The molecular formula is C25H25F3N2O2.